The molecule has 0 bridgehead atoms. The summed E-state index contributed by atoms with van der Waals surface area (Å²) >= 11 is 0. The molecule has 1 aliphatic heterocycles. The first kappa shape index (κ1) is 19.1. The summed E-state index contributed by atoms with van der Waals surface area (Å²) in [5.74, 6) is -0.747. The highest BCUT2D eigenvalue weighted by molar-refractivity contribution is 5.92. The molecule has 1 amide bonds. The lowest BCUT2D eigenvalue weighted by molar-refractivity contribution is -0.139. The lowest BCUT2D eigenvalue weighted by atomic mass is 9.98. The minimum Gasteiger partial charge on any atom is -0.477 e. The van der Waals surface area contributed by atoms with Gasteiger partial charge in [-0.25, -0.2) is 9.97 Å². The first-order valence-corrected chi connectivity index (χ1v) is 8.57. The van der Waals surface area contributed by atoms with Crippen LogP contribution in [-0.4, -0.2) is 45.5 Å². The summed E-state index contributed by atoms with van der Waals surface area (Å²) in [7, 11) is 0. The Kier molecular flexibility index (Phi) is 5.57. The highest BCUT2D eigenvalue weighted by Gasteiger charge is 2.35. The molecule has 1 unspecified atom stereocenters. The van der Waals surface area contributed by atoms with Crippen molar-refractivity contribution in [2.24, 2.45) is 5.92 Å². The van der Waals surface area contributed by atoms with Gasteiger partial charge in [0.05, 0.1) is 18.5 Å². The number of amides is 1. The maximum atomic E-state index is 13.0. The number of aryl methyl sites for hydroxylation is 1. The minimum absolute atomic E-state index is 0.0590. The van der Waals surface area contributed by atoms with E-state index in [1.807, 2.05) is 0 Å². The Morgan fingerprint density at radius 2 is 2.11 bits per heavy atom. The number of hydrogen-bond acceptors (Lipinski definition) is 5. The van der Waals surface area contributed by atoms with Crippen molar-refractivity contribution >= 4 is 5.91 Å². The van der Waals surface area contributed by atoms with Crippen molar-refractivity contribution < 1.29 is 22.7 Å². The summed E-state index contributed by atoms with van der Waals surface area (Å²) < 4.78 is 44.4. The lowest BCUT2D eigenvalue weighted by Crippen LogP contribution is -2.42. The van der Waals surface area contributed by atoms with Crippen molar-refractivity contribution in [2.45, 2.75) is 25.9 Å². The van der Waals surface area contributed by atoms with E-state index < -0.39 is 17.6 Å². The van der Waals surface area contributed by atoms with Crippen LogP contribution in [0.5, 0.6) is 5.88 Å². The topological polar surface area (TPSA) is 68.2 Å². The van der Waals surface area contributed by atoms with E-state index in [1.54, 1.807) is 11.8 Å². The van der Waals surface area contributed by atoms with Crippen LogP contribution in [0.1, 0.15) is 34.6 Å². The second kappa shape index (κ2) is 7.89. The third kappa shape index (κ3) is 4.72. The molecule has 2 aromatic heterocycles. The van der Waals surface area contributed by atoms with E-state index in [9.17, 15) is 18.0 Å². The number of aromatic nitrogens is 3. The van der Waals surface area contributed by atoms with Crippen molar-refractivity contribution in [1.82, 2.24) is 19.9 Å². The number of piperidine rings is 1. The van der Waals surface area contributed by atoms with Crippen LogP contribution in [0.2, 0.25) is 0 Å². The fraction of sp³-hybridized carbons (Fsp3) is 0.444. The lowest BCUT2D eigenvalue weighted by Gasteiger charge is -2.32. The highest BCUT2D eigenvalue weighted by atomic mass is 19.4. The van der Waals surface area contributed by atoms with Crippen LogP contribution in [0.4, 0.5) is 13.2 Å². The average molecular weight is 380 g/mol. The van der Waals surface area contributed by atoms with Gasteiger partial charge in [0.2, 0.25) is 5.88 Å². The van der Waals surface area contributed by atoms with Crippen molar-refractivity contribution in [3.05, 3.63) is 47.7 Å². The summed E-state index contributed by atoms with van der Waals surface area (Å²) in [6, 6.07) is 2.16. The second-order valence-electron chi connectivity index (χ2n) is 6.47. The molecule has 2 aromatic rings. The molecule has 3 heterocycles. The van der Waals surface area contributed by atoms with Gasteiger partial charge >= 0.3 is 6.18 Å². The number of carbonyl (C=O) groups is 1. The van der Waals surface area contributed by atoms with Gasteiger partial charge in [0.15, 0.2) is 0 Å². The number of rotatable bonds is 4. The van der Waals surface area contributed by atoms with E-state index in [4.69, 9.17) is 4.74 Å². The van der Waals surface area contributed by atoms with Crippen molar-refractivity contribution in [3.8, 4) is 5.88 Å². The Morgan fingerprint density at radius 1 is 1.30 bits per heavy atom. The molecule has 3 rings (SSSR count). The van der Waals surface area contributed by atoms with Crippen molar-refractivity contribution in [3.63, 3.8) is 0 Å². The van der Waals surface area contributed by atoms with Crippen LogP contribution in [0.15, 0.2) is 30.7 Å². The molecular weight excluding hydrogens is 361 g/mol. The third-order valence-corrected chi connectivity index (χ3v) is 4.34. The predicted octanol–water partition coefficient (Wildman–Crippen LogP) is 3.13. The van der Waals surface area contributed by atoms with Gasteiger partial charge < -0.3 is 9.64 Å². The highest BCUT2D eigenvalue weighted by Crippen LogP contribution is 2.35. The van der Waals surface area contributed by atoms with Gasteiger partial charge in [0.1, 0.15) is 11.3 Å². The Bertz CT molecular complexity index is 796. The number of pyridine rings is 1. The number of ether oxygens (including phenoxy) is 1. The molecule has 0 aromatic carbocycles. The summed E-state index contributed by atoms with van der Waals surface area (Å²) in [4.78, 5) is 26.0. The fourth-order valence-electron chi connectivity index (χ4n) is 2.97. The normalized spacial score (nSPS) is 17.6. The van der Waals surface area contributed by atoms with Crippen LogP contribution in [-0.2, 0) is 6.18 Å². The van der Waals surface area contributed by atoms with Crippen LogP contribution in [0.25, 0.3) is 0 Å². The van der Waals surface area contributed by atoms with Crippen LogP contribution in [0, 0.1) is 12.8 Å². The monoisotopic (exact) mass is 380 g/mol. The molecule has 0 saturated carbocycles. The number of likely N-dealkylation sites (tertiary alicyclic amines) is 1. The molecular formula is C18H19F3N4O2. The summed E-state index contributed by atoms with van der Waals surface area (Å²) in [6.07, 6.45) is 1.20. The molecule has 0 spiro atoms. The number of carbonyl (C=O) groups excluding carboxylic acids is 1. The van der Waals surface area contributed by atoms with E-state index in [-0.39, 0.29) is 24.1 Å². The third-order valence-electron chi connectivity index (χ3n) is 4.34. The van der Waals surface area contributed by atoms with E-state index >= 15 is 0 Å². The molecule has 6 nitrogen and oxygen atoms in total. The van der Waals surface area contributed by atoms with Gasteiger partial charge in [-0.1, -0.05) is 0 Å². The van der Waals surface area contributed by atoms with Crippen LogP contribution < -0.4 is 4.74 Å². The maximum absolute atomic E-state index is 13.0. The van der Waals surface area contributed by atoms with Gasteiger partial charge in [-0.3, -0.25) is 9.78 Å². The predicted molar refractivity (Wildman–Crippen MR) is 90.1 cm³/mol. The molecule has 1 atom stereocenters. The van der Waals surface area contributed by atoms with E-state index in [1.165, 1.54) is 24.7 Å². The zero-order valence-corrected chi connectivity index (χ0v) is 14.7. The van der Waals surface area contributed by atoms with Gasteiger partial charge in [0, 0.05) is 31.4 Å². The molecule has 1 aliphatic rings. The Labute approximate surface area is 154 Å². The van der Waals surface area contributed by atoms with E-state index in [2.05, 4.69) is 15.0 Å². The summed E-state index contributed by atoms with van der Waals surface area (Å²) in [5, 5.41) is 0. The average Bonchev–Trinajstić information content (AvgIpc) is 2.66. The first-order valence-electron chi connectivity index (χ1n) is 8.57. The molecule has 1 fully saturated rings. The van der Waals surface area contributed by atoms with Crippen molar-refractivity contribution in [2.75, 3.05) is 19.7 Å². The zero-order chi connectivity index (χ0) is 19.4. The van der Waals surface area contributed by atoms with Crippen LogP contribution >= 0.6 is 0 Å². The Morgan fingerprint density at radius 3 is 2.81 bits per heavy atom. The number of alkyl halides is 3. The van der Waals surface area contributed by atoms with Crippen molar-refractivity contribution in [1.29, 1.82) is 0 Å². The Hall–Kier alpha value is -2.71. The molecule has 0 N–H and O–H groups in total. The van der Waals surface area contributed by atoms with E-state index in [0.717, 1.165) is 18.9 Å². The summed E-state index contributed by atoms with van der Waals surface area (Å²) in [5.41, 5.74) is 0.0715. The standard InChI is InChI=1S/C18H19F3N4O2/c1-12-8-24-15(9-23-12)17(26)25-7-3-4-13(10-25)11-27-16-14(18(19,20)21)5-2-6-22-16/h2,5-6,8-9,13H,3-4,7,10-11H2,1H3. The molecule has 0 radical (unpaired) electrons. The SMILES string of the molecule is Cc1cnc(C(=O)N2CCCC(COc3ncccc3C(F)(F)F)C2)cn1. The molecule has 9 heteroatoms. The first-order chi connectivity index (χ1) is 12.8. The maximum Gasteiger partial charge on any atom is 0.421 e. The number of nitrogens with zero attached hydrogens (tertiary/aromatic N) is 4. The number of halogens is 3. The Balaban J connectivity index is 1.62. The van der Waals surface area contributed by atoms with Crippen LogP contribution in [0.3, 0.4) is 0 Å². The van der Waals surface area contributed by atoms with Gasteiger partial charge in [0.25, 0.3) is 5.91 Å². The molecule has 1 saturated heterocycles. The largest absolute Gasteiger partial charge is 0.477 e. The summed E-state index contributed by atoms with van der Waals surface area (Å²) in [6.45, 7) is 2.80. The van der Waals surface area contributed by atoms with Gasteiger partial charge in [-0.15, -0.1) is 0 Å². The zero-order valence-electron chi connectivity index (χ0n) is 14.7. The van der Waals surface area contributed by atoms with Gasteiger partial charge in [-0.05, 0) is 31.9 Å². The second-order valence-corrected chi connectivity index (χ2v) is 6.47. The van der Waals surface area contributed by atoms with E-state index in [0.29, 0.717) is 18.8 Å². The number of hydrogen-bond donors (Lipinski definition) is 0. The van der Waals surface area contributed by atoms with Gasteiger partial charge in [-0.2, -0.15) is 13.2 Å². The molecule has 0 aliphatic carbocycles. The molecule has 27 heavy (non-hydrogen) atoms. The minimum atomic E-state index is -4.53. The fourth-order valence-corrected chi connectivity index (χ4v) is 2.97. The molecule has 144 valence electrons. The quantitative estimate of drug-likeness (QED) is 0.815. The smallest absolute Gasteiger partial charge is 0.421 e.